The van der Waals surface area contributed by atoms with Crippen molar-refractivity contribution in [2.24, 2.45) is 0 Å². The van der Waals surface area contributed by atoms with E-state index in [4.69, 9.17) is 0 Å². The molecule has 1 heteroatoms. The molecule has 0 nitrogen and oxygen atoms in total. The summed E-state index contributed by atoms with van der Waals surface area (Å²) < 4.78 is 6.24. The van der Waals surface area contributed by atoms with E-state index in [2.05, 4.69) is 52.0 Å². The molecule has 0 atom stereocenters. The summed E-state index contributed by atoms with van der Waals surface area (Å²) >= 11 is -1.87. The Labute approximate surface area is 118 Å². The van der Waals surface area contributed by atoms with E-state index in [9.17, 15) is 0 Å². The summed E-state index contributed by atoms with van der Waals surface area (Å²) in [4.78, 5) is 0. The molecule has 1 aromatic rings. The van der Waals surface area contributed by atoms with Crippen molar-refractivity contribution in [1.82, 2.24) is 0 Å². The van der Waals surface area contributed by atoms with Gasteiger partial charge in [0.25, 0.3) is 0 Å². The Bertz CT molecular complexity index is 309. The Balaban J connectivity index is 2.84. The average molecular weight is 353 g/mol. The molecule has 0 heterocycles. The predicted octanol–water partition coefficient (Wildman–Crippen LogP) is 5.76. The zero-order valence-corrected chi connectivity index (χ0v) is 15.6. The normalized spacial score (nSPS) is 11.8. The molecule has 18 heavy (non-hydrogen) atoms. The van der Waals surface area contributed by atoms with Crippen LogP contribution in [-0.4, -0.2) is 18.4 Å². The number of hydrogen-bond donors (Lipinski definition) is 0. The average Bonchev–Trinajstić information content (AvgIpc) is 2.33. The quantitative estimate of drug-likeness (QED) is 0.522. The van der Waals surface area contributed by atoms with Crippen molar-refractivity contribution in [3.05, 3.63) is 35.4 Å². The molecular weight excluding hydrogens is 323 g/mol. The summed E-state index contributed by atoms with van der Waals surface area (Å²) in [5, 5.41) is 0. The van der Waals surface area contributed by atoms with Gasteiger partial charge in [-0.25, -0.2) is 0 Å². The topological polar surface area (TPSA) is 0 Å². The van der Waals surface area contributed by atoms with Gasteiger partial charge in [-0.2, -0.15) is 0 Å². The van der Waals surface area contributed by atoms with Crippen LogP contribution in [0.3, 0.4) is 0 Å². The van der Waals surface area contributed by atoms with E-state index >= 15 is 0 Å². The van der Waals surface area contributed by atoms with Gasteiger partial charge in [-0.1, -0.05) is 0 Å². The van der Waals surface area contributed by atoms with Crippen LogP contribution < -0.4 is 0 Å². The zero-order chi connectivity index (χ0) is 13.4. The van der Waals surface area contributed by atoms with Gasteiger partial charge in [0.15, 0.2) is 0 Å². The molecule has 0 radical (unpaired) electrons. The van der Waals surface area contributed by atoms with Crippen LogP contribution in [0.25, 0.3) is 0 Å². The van der Waals surface area contributed by atoms with Crippen LogP contribution in [0.4, 0.5) is 0 Å². The van der Waals surface area contributed by atoms with Crippen LogP contribution in [0.2, 0.25) is 13.3 Å². The minimum atomic E-state index is -1.87. The molecule has 0 bridgehead atoms. The van der Waals surface area contributed by atoms with Crippen LogP contribution in [0.15, 0.2) is 24.3 Å². The van der Waals surface area contributed by atoms with Crippen molar-refractivity contribution in [3.8, 4) is 0 Å². The fourth-order valence-electron chi connectivity index (χ4n) is 3.37. The van der Waals surface area contributed by atoms with Crippen LogP contribution in [0.1, 0.15) is 51.2 Å². The van der Waals surface area contributed by atoms with Crippen LogP contribution in [-0.2, 0) is 4.44 Å². The fourth-order valence-corrected chi connectivity index (χ4v) is 19.3. The Hall–Kier alpha value is 0.0187. The molecule has 0 aliphatic carbocycles. The van der Waals surface area contributed by atoms with Gasteiger partial charge in [0.2, 0.25) is 0 Å². The van der Waals surface area contributed by atoms with Gasteiger partial charge in [-0.05, 0) is 0 Å². The van der Waals surface area contributed by atoms with E-state index in [1.54, 1.807) is 18.9 Å². The molecule has 0 aliphatic rings. The third-order valence-corrected chi connectivity index (χ3v) is 20.7. The summed E-state index contributed by atoms with van der Waals surface area (Å²) in [6.07, 6.45) is 4.21. The van der Waals surface area contributed by atoms with E-state index in [1.807, 2.05) is 0 Å². The van der Waals surface area contributed by atoms with Gasteiger partial charge in [0.1, 0.15) is 0 Å². The Morgan fingerprint density at radius 1 is 0.778 bits per heavy atom. The maximum absolute atomic E-state index is 2.38. The van der Waals surface area contributed by atoms with Gasteiger partial charge >= 0.3 is 118 Å². The second-order valence-corrected chi connectivity index (χ2v) is 19.8. The first-order valence-corrected chi connectivity index (χ1v) is 15.8. The maximum atomic E-state index is 2.38. The minimum absolute atomic E-state index is 1.39. The van der Waals surface area contributed by atoms with E-state index in [1.165, 1.54) is 29.3 Å². The SMILES string of the molecule is CC[CH2][Sn]([CH2]CC)([CH2]CC)[CH2]c1ccc(C)cc1. The summed E-state index contributed by atoms with van der Waals surface area (Å²) in [6.45, 7) is 9.33. The third-order valence-electron chi connectivity index (χ3n) is 4.04. The molecule has 1 aromatic carbocycles. The summed E-state index contributed by atoms with van der Waals surface area (Å²) in [6, 6.07) is 9.33. The predicted molar refractivity (Wildman–Crippen MR) is 85.9 cm³/mol. The molecule has 0 aliphatic heterocycles. The first kappa shape index (κ1) is 16.1. The van der Waals surface area contributed by atoms with Crippen molar-refractivity contribution in [1.29, 1.82) is 0 Å². The second kappa shape index (κ2) is 8.24. The van der Waals surface area contributed by atoms with Crippen LogP contribution in [0.5, 0.6) is 0 Å². The Morgan fingerprint density at radius 3 is 1.61 bits per heavy atom. The van der Waals surface area contributed by atoms with Crippen molar-refractivity contribution in [2.75, 3.05) is 0 Å². The van der Waals surface area contributed by atoms with E-state index in [-0.39, 0.29) is 0 Å². The van der Waals surface area contributed by atoms with E-state index in [0.29, 0.717) is 0 Å². The number of hydrogen-bond acceptors (Lipinski definition) is 0. The van der Waals surface area contributed by atoms with E-state index < -0.39 is 18.4 Å². The molecule has 0 aromatic heterocycles. The molecule has 1 rings (SSSR count). The fraction of sp³-hybridized carbons (Fsp3) is 0.647. The summed E-state index contributed by atoms with van der Waals surface area (Å²) in [5.74, 6) is 0. The molecule has 0 N–H and O–H groups in total. The van der Waals surface area contributed by atoms with Crippen molar-refractivity contribution in [3.63, 3.8) is 0 Å². The number of rotatable bonds is 8. The molecule has 0 amide bonds. The van der Waals surface area contributed by atoms with Crippen LogP contribution in [0, 0.1) is 6.92 Å². The van der Waals surface area contributed by atoms with Gasteiger partial charge in [0, 0.05) is 0 Å². The third kappa shape index (κ3) is 4.95. The summed E-state index contributed by atoms with van der Waals surface area (Å²) in [7, 11) is 0. The molecule has 0 saturated heterocycles. The van der Waals surface area contributed by atoms with Crippen molar-refractivity contribution in [2.45, 2.75) is 64.7 Å². The molecule has 0 saturated carbocycles. The van der Waals surface area contributed by atoms with Crippen molar-refractivity contribution < 1.29 is 0 Å². The monoisotopic (exact) mass is 354 g/mol. The van der Waals surface area contributed by atoms with Gasteiger partial charge in [-0.15, -0.1) is 0 Å². The molecular formula is C17H30Sn. The standard InChI is InChI=1S/C8H9.3C3H7.Sn/c1-7-3-5-8(2)6-4-7;3*1-3-2;/h3-6H,1H2,2H3;3*1,3H2,2H3;. The van der Waals surface area contributed by atoms with Gasteiger partial charge < -0.3 is 0 Å². The summed E-state index contributed by atoms with van der Waals surface area (Å²) in [5.41, 5.74) is 3.01. The number of aryl methyl sites for hydroxylation is 1. The first-order chi connectivity index (χ1) is 8.65. The zero-order valence-electron chi connectivity index (χ0n) is 12.8. The molecule has 0 unspecified atom stereocenters. The van der Waals surface area contributed by atoms with E-state index in [0.717, 1.165) is 0 Å². The van der Waals surface area contributed by atoms with Gasteiger partial charge in [0.05, 0.1) is 0 Å². The van der Waals surface area contributed by atoms with Crippen molar-refractivity contribution >= 4 is 18.4 Å². The first-order valence-electron chi connectivity index (χ1n) is 7.71. The second-order valence-electron chi connectivity index (χ2n) is 5.91. The Kier molecular flexibility index (Phi) is 7.36. The molecule has 0 fully saturated rings. The van der Waals surface area contributed by atoms with Crippen LogP contribution >= 0.6 is 0 Å². The van der Waals surface area contributed by atoms with Gasteiger partial charge in [-0.3, -0.25) is 0 Å². The molecule has 102 valence electrons. The Morgan fingerprint density at radius 2 is 1.22 bits per heavy atom. The number of benzene rings is 1. The molecule has 0 spiro atoms.